The van der Waals surface area contributed by atoms with Gasteiger partial charge in [-0.15, -0.1) is 0 Å². The van der Waals surface area contributed by atoms with Crippen molar-refractivity contribution >= 4 is 27.8 Å². The van der Waals surface area contributed by atoms with Crippen LogP contribution in [0.15, 0.2) is 62.2 Å². The number of anilines is 1. The number of nitrogens with zero attached hydrogens (tertiary/aromatic N) is 1. The number of hydrogen-bond donors (Lipinski definition) is 1. The first-order valence-electron chi connectivity index (χ1n) is 6.86. The Balaban J connectivity index is 0.00000156. The lowest BCUT2D eigenvalue weighted by molar-refractivity contribution is 0.553. The predicted molar refractivity (Wildman–Crippen MR) is 87.1 cm³/mol. The van der Waals surface area contributed by atoms with Crippen molar-refractivity contribution in [3.8, 4) is 11.5 Å². The fraction of sp³-hybridized carbons (Fsp3) is 0.0588. The maximum Gasteiger partial charge on any atom is 0.349 e. The smallest absolute Gasteiger partial charge is 0.349 e. The van der Waals surface area contributed by atoms with Gasteiger partial charge in [-0.05, 0) is 30.3 Å². The van der Waals surface area contributed by atoms with Crippen molar-refractivity contribution in [1.82, 2.24) is 4.98 Å². The van der Waals surface area contributed by atoms with Crippen LogP contribution in [0.5, 0.6) is 0 Å². The molecule has 0 unspecified atom stereocenters. The van der Waals surface area contributed by atoms with Gasteiger partial charge in [-0.3, -0.25) is 0 Å². The summed E-state index contributed by atoms with van der Waals surface area (Å²) in [7, 11) is 1.81. The number of nitrogens with one attached hydrogen (secondary N) is 1. The van der Waals surface area contributed by atoms with Crippen LogP contribution in [0.4, 0.5) is 5.69 Å². The van der Waals surface area contributed by atoms with Gasteiger partial charge in [0.1, 0.15) is 16.7 Å². The highest BCUT2D eigenvalue weighted by Crippen LogP contribution is 2.25. The van der Waals surface area contributed by atoms with E-state index in [0.717, 1.165) is 11.1 Å². The van der Waals surface area contributed by atoms with Gasteiger partial charge < -0.3 is 14.2 Å². The van der Waals surface area contributed by atoms with Crippen LogP contribution >= 0.6 is 0 Å². The summed E-state index contributed by atoms with van der Waals surface area (Å²) in [5, 5.41) is 3.83. The van der Waals surface area contributed by atoms with Gasteiger partial charge in [-0.2, -0.15) is 0 Å². The van der Waals surface area contributed by atoms with Crippen molar-refractivity contribution in [2.75, 3.05) is 12.4 Å². The van der Waals surface area contributed by atoms with Crippen LogP contribution in [0.1, 0.15) is 1.43 Å². The molecule has 0 aliphatic heterocycles. The van der Waals surface area contributed by atoms with Crippen molar-refractivity contribution in [2.45, 2.75) is 0 Å². The molecule has 0 aliphatic rings. The largest absolute Gasteiger partial charge is 0.436 e. The summed E-state index contributed by atoms with van der Waals surface area (Å²) in [5.41, 5.74) is 2.61. The molecule has 5 nitrogen and oxygen atoms in total. The minimum Gasteiger partial charge on any atom is -0.436 e. The Bertz CT molecular complexity index is 1020. The molecule has 0 amide bonds. The summed E-state index contributed by atoms with van der Waals surface area (Å²) in [6, 6.07) is 14.7. The van der Waals surface area contributed by atoms with Crippen LogP contribution in [0, 0.1) is 0 Å². The number of aromatic nitrogens is 1. The minimum absolute atomic E-state index is 0. The Morgan fingerprint density at radius 1 is 1.05 bits per heavy atom. The van der Waals surface area contributed by atoms with Gasteiger partial charge in [0.25, 0.3) is 0 Å². The lowest BCUT2D eigenvalue weighted by Gasteiger charge is -2.02. The second kappa shape index (κ2) is 4.73. The first-order chi connectivity index (χ1) is 10.7. The van der Waals surface area contributed by atoms with Crippen LogP contribution in [-0.4, -0.2) is 12.0 Å². The van der Waals surface area contributed by atoms with E-state index in [4.69, 9.17) is 8.83 Å². The van der Waals surface area contributed by atoms with Gasteiger partial charge in [0.05, 0.1) is 0 Å². The zero-order chi connectivity index (χ0) is 15.1. The Kier molecular flexibility index (Phi) is 2.72. The SMILES string of the molecule is CNc1ccc2cc(-c3nc4ccccc4o3)c(=O)oc2c1.[HH]. The van der Waals surface area contributed by atoms with E-state index in [1.54, 1.807) is 12.1 Å². The normalized spacial score (nSPS) is 11.1. The third-order valence-electron chi connectivity index (χ3n) is 3.55. The number of rotatable bonds is 2. The van der Waals surface area contributed by atoms with E-state index in [9.17, 15) is 4.79 Å². The maximum absolute atomic E-state index is 12.2. The Labute approximate surface area is 126 Å². The summed E-state index contributed by atoms with van der Waals surface area (Å²) < 4.78 is 11.0. The summed E-state index contributed by atoms with van der Waals surface area (Å²) in [6.07, 6.45) is 0. The first kappa shape index (κ1) is 12.6. The lowest BCUT2D eigenvalue weighted by atomic mass is 10.1. The Morgan fingerprint density at radius 2 is 1.91 bits per heavy atom. The number of hydrogen-bond acceptors (Lipinski definition) is 5. The first-order valence-corrected chi connectivity index (χ1v) is 6.86. The molecule has 4 aromatic rings. The molecule has 0 aliphatic carbocycles. The molecule has 5 heteroatoms. The monoisotopic (exact) mass is 294 g/mol. The summed E-state index contributed by atoms with van der Waals surface area (Å²) in [5.74, 6) is 0.273. The Hall–Kier alpha value is -3.08. The van der Waals surface area contributed by atoms with E-state index in [1.807, 2.05) is 43.4 Å². The zero-order valence-corrected chi connectivity index (χ0v) is 11.8. The molecule has 2 aromatic carbocycles. The molecule has 0 fully saturated rings. The molecule has 0 saturated carbocycles. The van der Waals surface area contributed by atoms with Gasteiger partial charge in [-0.25, -0.2) is 9.78 Å². The summed E-state index contributed by atoms with van der Waals surface area (Å²) in [6.45, 7) is 0. The van der Waals surface area contributed by atoms with Crippen LogP contribution in [0.3, 0.4) is 0 Å². The van der Waals surface area contributed by atoms with E-state index in [1.165, 1.54) is 0 Å². The number of benzene rings is 2. The second-order valence-electron chi connectivity index (χ2n) is 4.94. The van der Waals surface area contributed by atoms with Gasteiger partial charge >= 0.3 is 5.63 Å². The molecule has 4 rings (SSSR count). The van der Waals surface area contributed by atoms with E-state index in [0.29, 0.717) is 22.2 Å². The third-order valence-corrected chi connectivity index (χ3v) is 3.55. The molecule has 0 bridgehead atoms. The van der Waals surface area contributed by atoms with Gasteiger partial charge in [0.15, 0.2) is 5.58 Å². The summed E-state index contributed by atoms with van der Waals surface area (Å²) in [4.78, 5) is 16.6. The topological polar surface area (TPSA) is 68.3 Å². The molecule has 2 heterocycles. The molecule has 110 valence electrons. The number of fused-ring (bicyclic) bond motifs is 2. The maximum atomic E-state index is 12.2. The molecular weight excluding hydrogens is 280 g/mol. The average molecular weight is 294 g/mol. The minimum atomic E-state index is -0.465. The van der Waals surface area contributed by atoms with E-state index in [2.05, 4.69) is 10.3 Å². The van der Waals surface area contributed by atoms with Crippen LogP contribution < -0.4 is 10.9 Å². The highest BCUT2D eigenvalue weighted by Gasteiger charge is 2.14. The number of oxazole rings is 1. The fourth-order valence-corrected chi connectivity index (χ4v) is 2.40. The van der Waals surface area contributed by atoms with E-state index < -0.39 is 5.63 Å². The quantitative estimate of drug-likeness (QED) is 0.568. The highest BCUT2D eigenvalue weighted by atomic mass is 16.4. The van der Waals surface area contributed by atoms with Crippen molar-refractivity contribution in [1.29, 1.82) is 0 Å². The van der Waals surface area contributed by atoms with Gasteiger partial charge in [0, 0.05) is 25.6 Å². The molecular formula is C17H14N2O3. The van der Waals surface area contributed by atoms with E-state index >= 15 is 0 Å². The van der Waals surface area contributed by atoms with Crippen molar-refractivity contribution in [3.05, 3.63) is 59.0 Å². The predicted octanol–water partition coefficient (Wildman–Crippen LogP) is 3.89. The van der Waals surface area contributed by atoms with Crippen molar-refractivity contribution < 1.29 is 10.3 Å². The van der Waals surface area contributed by atoms with Crippen molar-refractivity contribution in [2.24, 2.45) is 0 Å². The highest BCUT2D eigenvalue weighted by molar-refractivity contribution is 5.84. The molecule has 0 spiro atoms. The third kappa shape index (κ3) is 1.95. The number of para-hydroxylation sites is 2. The molecule has 0 saturated heterocycles. The second-order valence-corrected chi connectivity index (χ2v) is 4.94. The average Bonchev–Trinajstić information content (AvgIpc) is 2.97. The van der Waals surface area contributed by atoms with Gasteiger partial charge in [-0.1, -0.05) is 12.1 Å². The molecule has 0 radical (unpaired) electrons. The van der Waals surface area contributed by atoms with Gasteiger partial charge in [0.2, 0.25) is 5.89 Å². The molecule has 0 atom stereocenters. The van der Waals surface area contributed by atoms with Crippen LogP contribution in [0.2, 0.25) is 0 Å². The summed E-state index contributed by atoms with van der Waals surface area (Å²) >= 11 is 0. The molecule has 22 heavy (non-hydrogen) atoms. The Morgan fingerprint density at radius 3 is 2.73 bits per heavy atom. The zero-order valence-electron chi connectivity index (χ0n) is 11.8. The van der Waals surface area contributed by atoms with Crippen LogP contribution in [-0.2, 0) is 0 Å². The fourth-order valence-electron chi connectivity index (χ4n) is 2.40. The molecule has 2 aromatic heterocycles. The van der Waals surface area contributed by atoms with E-state index in [-0.39, 0.29) is 7.32 Å². The molecule has 1 N–H and O–H groups in total. The standard InChI is InChI=1S/C17H12N2O3.H2/c1-18-11-7-6-10-8-12(17(20)22-15(10)9-11)16-19-13-4-2-3-5-14(13)21-16;/h2-9,18H,1H3;1H. The van der Waals surface area contributed by atoms with Crippen molar-refractivity contribution in [3.63, 3.8) is 0 Å². The lowest BCUT2D eigenvalue weighted by Crippen LogP contribution is -2.03. The van der Waals surface area contributed by atoms with Crippen LogP contribution in [0.25, 0.3) is 33.5 Å².